The number of hydrogen-bond donors (Lipinski definition) is 2. The number of nitrogens with one attached hydrogen (secondary N) is 2. The minimum atomic E-state index is -3.44. The fourth-order valence-corrected chi connectivity index (χ4v) is 3.78. The molecular formula is C23H24N2O3S. The van der Waals surface area contributed by atoms with Gasteiger partial charge in [0.15, 0.2) is 0 Å². The molecule has 2 N–H and O–H groups in total. The molecule has 0 aliphatic rings. The van der Waals surface area contributed by atoms with Crippen molar-refractivity contribution in [1.29, 1.82) is 0 Å². The molecule has 0 heterocycles. The van der Waals surface area contributed by atoms with Crippen LogP contribution in [0.4, 0.5) is 5.69 Å². The summed E-state index contributed by atoms with van der Waals surface area (Å²) in [7, 11) is -3.44. The normalized spacial score (nSPS) is 12.2. The predicted octanol–water partition coefficient (Wildman–Crippen LogP) is 4.19. The summed E-state index contributed by atoms with van der Waals surface area (Å²) in [5, 5.41) is 3.10. The van der Waals surface area contributed by atoms with Crippen LogP contribution in [0.2, 0.25) is 0 Å². The first kappa shape index (κ1) is 20.6. The molecule has 1 atom stereocenters. The Labute approximate surface area is 171 Å². The summed E-state index contributed by atoms with van der Waals surface area (Å²) in [4.78, 5) is 13.1. The maximum Gasteiger partial charge on any atom is 0.252 e. The third-order valence-corrected chi connectivity index (χ3v) is 5.28. The molecule has 0 aliphatic carbocycles. The zero-order valence-corrected chi connectivity index (χ0v) is 17.5. The van der Waals surface area contributed by atoms with Crippen molar-refractivity contribution >= 4 is 21.6 Å². The van der Waals surface area contributed by atoms with Gasteiger partial charge in [0.05, 0.1) is 18.0 Å². The number of aryl methyl sites for hydroxylation is 1. The Morgan fingerprint density at radius 1 is 0.828 bits per heavy atom. The summed E-state index contributed by atoms with van der Waals surface area (Å²) in [5.41, 5.74) is 4.47. The van der Waals surface area contributed by atoms with Crippen LogP contribution in [0.3, 0.4) is 0 Å². The van der Waals surface area contributed by atoms with E-state index in [0.717, 1.165) is 22.9 Å². The van der Waals surface area contributed by atoms with Gasteiger partial charge in [-0.05, 0) is 42.7 Å². The van der Waals surface area contributed by atoms with Crippen LogP contribution in [-0.2, 0) is 10.0 Å². The van der Waals surface area contributed by atoms with Crippen LogP contribution in [0.1, 0.15) is 38.7 Å². The van der Waals surface area contributed by atoms with Gasteiger partial charge in [-0.2, -0.15) is 0 Å². The average Bonchev–Trinajstić information content (AvgIpc) is 2.68. The molecule has 3 aromatic rings. The average molecular weight is 409 g/mol. The zero-order chi connectivity index (χ0) is 21.0. The van der Waals surface area contributed by atoms with Crippen LogP contribution in [0.5, 0.6) is 0 Å². The van der Waals surface area contributed by atoms with Gasteiger partial charge in [0.2, 0.25) is 10.0 Å². The molecule has 3 aromatic carbocycles. The number of sulfonamides is 1. The van der Waals surface area contributed by atoms with E-state index in [1.54, 1.807) is 25.1 Å². The zero-order valence-electron chi connectivity index (χ0n) is 16.6. The van der Waals surface area contributed by atoms with E-state index < -0.39 is 10.0 Å². The molecule has 29 heavy (non-hydrogen) atoms. The number of hydrogen-bond acceptors (Lipinski definition) is 3. The smallest absolute Gasteiger partial charge is 0.252 e. The predicted molar refractivity (Wildman–Crippen MR) is 117 cm³/mol. The second-order valence-electron chi connectivity index (χ2n) is 7.08. The first-order valence-electron chi connectivity index (χ1n) is 9.24. The number of carbonyl (C=O) groups is 1. The van der Waals surface area contributed by atoms with Crippen molar-refractivity contribution in [2.45, 2.75) is 19.9 Å². The van der Waals surface area contributed by atoms with Gasteiger partial charge in [0, 0.05) is 5.56 Å². The lowest BCUT2D eigenvalue weighted by molar-refractivity contribution is 0.0942. The SMILES string of the molecule is Cc1ccc([C@@H](NC(=O)c2cccc(NS(C)(=O)=O)c2C)c2ccccc2)cc1. The van der Waals surface area contributed by atoms with Crippen LogP contribution in [0.15, 0.2) is 72.8 Å². The Morgan fingerprint density at radius 3 is 2.07 bits per heavy atom. The van der Waals surface area contributed by atoms with E-state index >= 15 is 0 Å². The van der Waals surface area contributed by atoms with Crippen molar-refractivity contribution in [3.63, 3.8) is 0 Å². The van der Waals surface area contributed by atoms with Crippen LogP contribution in [-0.4, -0.2) is 20.6 Å². The summed E-state index contributed by atoms with van der Waals surface area (Å²) in [6.45, 7) is 3.75. The molecule has 0 saturated heterocycles. The first-order valence-corrected chi connectivity index (χ1v) is 11.1. The van der Waals surface area contributed by atoms with E-state index in [4.69, 9.17) is 0 Å². The molecule has 0 aromatic heterocycles. The molecule has 1 amide bonds. The minimum Gasteiger partial charge on any atom is -0.341 e. The Kier molecular flexibility index (Phi) is 6.03. The minimum absolute atomic E-state index is 0.269. The number of anilines is 1. The highest BCUT2D eigenvalue weighted by Crippen LogP contribution is 2.25. The number of rotatable bonds is 6. The third-order valence-electron chi connectivity index (χ3n) is 4.69. The third kappa shape index (κ3) is 5.23. The molecule has 0 aliphatic heterocycles. The topological polar surface area (TPSA) is 75.3 Å². The quantitative estimate of drug-likeness (QED) is 0.642. The molecule has 0 radical (unpaired) electrons. The largest absolute Gasteiger partial charge is 0.341 e. The lowest BCUT2D eigenvalue weighted by Gasteiger charge is -2.21. The van der Waals surface area contributed by atoms with E-state index in [9.17, 15) is 13.2 Å². The molecule has 0 unspecified atom stereocenters. The van der Waals surface area contributed by atoms with Gasteiger partial charge in [-0.15, -0.1) is 0 Å². The fraction of sp³-hybridized carbons (Fsp3) is 0.174. The molecule has 0 saturated carbocycles. The molecule has 0 bridgehead atoms. The van der Waals surface area contributed by atoms with Crippen LogP contribution in [0.25, 0.3) is 0 Å². The standard InChI is InChI=1S/C23H24N2O3S/c1-16-12-14-19(15-13-16)22(18-8-5-4-6-9-18)24-23(26)20-10-7-11-21(17(20)2)25-29(3,27)28/h4-15,22,25H,1-3H3,(H,24,26)/t22-/m0/s1. The summed E-state index contributed by atoms with van der Waals surface area (Å²) in [6, 6.07) is 22.4. The molecule has 0 spiro atoms. The van der Waals surface area contributed by atoms with E-state index in [0.29, 0.717) is 16.8 Å². The molecule has 6 heteroatoms. The second-order valence-corrected chi connectivity index (χ2v) is 8.83. The summed E-state index contributed by atoms with van der Waals surface area (Å²) in [6.07, 6.45) is 1.09. The van der Waals surface area contributed by atoms with Gasteiger partial charge in [0.25, 0.3) is 5.91 Å². The van der Waals surface area contributed by atoms with Crippen molar-refractivity contribution in [3.05, 3.63) is 101 Å². The van der Waals surface area contributed by atoms with Crippen molar-refractivity contribution in [2.75, 3.05) is 11.0 Å². The fourth-order valence-electron chi connectivity index (χ4n) is 3.16. The number of benzene rings is 3. The lowest BCUT2D eigenvalue weighted by Crippen LogP contribution is -2.30. The highest BCUT2D eigenvalue weighted by molar-refractivity contribution is 7.92. The monoisotopic (exact) mass is 408 g/mol. The van der Waals surface area contributed by atoms with Gasteiger partial charge < -0.3 is 5.32 Å². The van der Waals surface area contributed by atoms with Crippen molar-refractivity contribution < 1.29 is 13.2 Å². The number of amides is 1. The van der Waals surface area contributed by atoms with E-state index in [1.807, 2.05) is 61.5 Å². The van der Waals surface area contributed by atoms with Gasteiger partial charge >= 0.3 is 0 Å². The number of carbonyl (C=O) groups excluding carboxylic acids is 1. The molecule has 0 fully saturated rings. The van der Waals surface area contributed by atoms with Crippen molar-refractivity contribution in [3.8, 4) is 0 Å². The molecule has 5 nitrogen and oxygen atoms in total. The van der Waals surface area contributed by atoms with Crippen LogP contribution >= 0.6 is 0 Å². The Morgan fingerprint density at radius 2 is 1.45 bits per heavy atom. The van der Waals surface area contributed by atoms with E-state index in [1.165, 1.54) is 0 Å². The molecule has 3 rings (SSSR count). The van der Waals surface area contributed by atoms with Crippen molar-refractivity contribution in [2.24, 2.45) is 0 Å². The second kappa shape index (κ2) is 8.49. The highest BCUT2D eigenvalue weighted by atomic mass is 32.2. The van der Waals surface area contributed by atoms with Crippen molar-refractivity contribution in [1.82, 2.24) is 5.32 Å². The lowest BCUT2D eigenvalue weighted by atomic mass is 9.97. The summed E-state index contributed by atoms with van der Waals surface area (Å²) < 4.78 is 25.7. The maximum atomic E-state index is 13.1. The molecular weight excluding hydrogens is 384 g/mol. The Bertz CT molecular complexity index is 1110. The van der Waals surface area contributed by atoms with Gasteiger partial charge in [0.1, 0.15) is 0 Å². The summed E-state index contributed by atoms with van der Waals surface area (Å²) in [5.74, 6) is -0.269. The molecule has 150 valence electrons. The van der Waals surface area contributed by atoms with E-state index in [-0.39, 0.29) is 11.9 Å². The van der Waals surface area contributed by atoms with E-state index in [2.05, 4.69) is 10.0 Å². The van der Waals surface area contributed by atoms with Gasteiger partial charge in [-0.3, -0.25) is 9.52 Å². The van der Waals surface area contributed by atoms with Gasteiger partial charge in [-0.25, -0.2) is 8.42 Å². The van der Waals surface area contributed by atoms with Crippen LogP contribution < -0.4 is 10.0 Å². The van der Waals surface area contributed by atoms with Crippen LogP contribution in [0, 0.1) is 13.8 Å². The Hall–Kier alpha value is -3.12. The Balaban J connectivity index is 1.95. The highest BCUT2D eigenvalue weighted by Gasteiger charge is 2.20. The maximum absolute atomic E-state index is 13.1. The van der Waals surface area contributed by atoms with Gasteiger partial charge in [-0.1, -0.05) is 66.2 Å². The first-order chi connectivity index (χ1) is 13.7. The summed E-state index contributed by atoms with van der Waals surface area (Å²) >= 11 is 0.